The Morgan fingerprint density at radius 2 is 2.05 bits per heavy atom. The summed E-state index contributed by atoms with van der Waals surface area (Å²) >= 11 is 0. The molecule has 0 saturated carbocycles. The van der Waals surface area contributed by atoms with Crippen molar-refractivity contribution in [1.82, 2.24) is 4.90 Å². The van der Waals surface area contributed by atoms with E-state index in [1.165, 1.54) is 12.1 Å². The van der Waals surface area contributed by atoms with Crippen LogP contribution < -0.4 is 5.32 Å². The Morgan fingerprint density at radius 3 is 2.65 bits per heavy atom. The van der Waals surface area contributed by atoms with Crippen LogP contribution >= 0.6 is 0 Å². The van der Waals surface area contributed by atoms with Crippen LogP contribution in [0, 0.1) is 5.82 Å². The smallest absolute Gasteiger partial charge is 0.241 e. The Kier molecular flexibility index (Phi) is 4.73. The fourth-order valence-electron chi connectivity index (χ4n) is 2.51. The van der Waals surface area contributed by atoms with Crippen LogP contribution in [0.1, 0.15) is 20.8 Å². The van der Waals surface area contributed by atoms with Crippen molar-refractivity contribution in [2.24, 2.45) is 0 Å². The van der Waals surface area contributed by atoms with Crippen LogP contribution in [-0.2, 0) is 9.53 Å². The number of rotatable bonds is 3. The van der Waals surface area contributed by atoms with Gasteiger partial charge in [-0.05, 0) is 39.0 Å². The molecule has 20 heavy (non-hydrogen) atoms. The molecular formula is C15H21FN2O2. The van der Waals surface area contributed by atoms with Crippen molar-refractivity contribution < 1.29 is 13.9 Å². The maximum Gasteiger partial charge on any atom is 0.241 e. The minimum atomic E-state index is -0.357. The zero-order chi connectivity index (χ0) is 14.7. The van der Waals surface area contributed by atoms with Gasteiger partial charge in [0.05, 0.1) is 18.2 Å². The molecule has 0 spiro atoms. The van der Waals surface area contributed by atoms with Gasteiger partial charge in [0.2, 0.25) is 5.91 Å². The first-order chi connectivity index (χ1) is 9.45. The third kappa shape index (κ3) is 3.77. The van der Waals surface area contributed by atoms with Gasteiger partial charge in [-0.2, -0.15) is 0 Å². The summed E-state index contributed by atoms with van der Waals surface area (Å²) in [4.78, 5) is 14.3. The molecule has 1 amide bonds. The number of nitrogens with zero attached hydrogens (tertiary/aromatic N) is 1. The summed E-state index contributed by atoms with van der Waals surface area (Å²) in [5.74, 6) is -0.485. The third-order valence-electron chi connectivity index (χ3n) is 3.47. The SMILES string of the molecule is C[C@H]1CN([C@@H](C)C(=O)Nc2cccc(F)c2)C[C@H](C)O1. The second-order valence-corrected chi connectivity index (χ2v) is 5.39. The average molecular weight is 280 g/mol. The highest BCUT2D eigenvalue weighted by Gasteiger charge is 2.29. The summed E-state index contributed by atoms with van der Waals surface area (Å²) in [5.41, 5.74) is 0.483. The Bertz CT molecular complexity index is 471. The predicted molar refractivity (Wildman–Crippen MR) is 76.1 cm³/mol. The van der Waals surface area contributed by atoms with E-state index in [1.54, 1.807) is 12.1 Å². The molecule has 3 atom stereocenters. The predicted octanol–water partition coefficient (Wildman–Crippen LogP) is 2.26. The van der Waals surface area contributed by atoms with Gasteiger partial charge < -0.3 is 10.1 Å². The van der Waals surface area contributed by atoms with E-state index in [1.807, 2.05) is 20.8 Å². The molecule has 1 aliphatic heterocycles. The number of nitrogens with one attached hydrogen (secondary N) is 1. The number of carbonyl (C=O) groups is 1. The van der Waals surface area contributed by atoms with E-state index in [9.17, 15) is 9.18 Å². The van der Waals surface area contributed by atoms with Gasteiger partial charge in [-0.15, -0.1) is 0 Å². The standard InChI is InChI=1S/C15H21FN2O2/c1-10-8-18(9-11(2)20-10)12(3)15(19)17-14-6-4-5-13(16)7-14/h4-7,10-12H,8-9H2,1-3H3,(H,17,19)/t10-,11-,12-/m0/s1. The molecule has 1 aliphatic rings. The Morgan fingerprint density at radius 1 is 1.40 bits per heavy atom. The molecule has 1 aromatic rings. The van der Waals surface area contributed by atoms with Crippen molar-refractivity contribution in [2.45, 2.75) is 39.0 Å². The topological polar surface area (TPSA) is 41.6 Å². The third-order valence-corrected chi connectivity index (χ3v) is 3.47. The van der Waals surface area contributed by atoms with Crippen LogP contribution in [0.3, 0.4) is 0 Å². The highest BCUT2D eigenvalue weighted by atomic mass is 19.1. The summed E-state index contributed by atoms with van der Waals surface area (Å²) in [6.07, 6.45) is 0.228. The molecule has 0 aliphatic carbocycles. The summed E-state index contributed by atoms with van der Waals surface area (Å²) in [5, 5.41) is 2.75. The lowest BCUT2D eigenvalue weighted by atomic mass is 10.1. The Hall–Kier alpha value is -1.46. The van der Waals surface area contributed by atoms with Gasteiger partial charge >= 0.3 is 0 Å². The molecule has 1 fully saturated rings. The van der Waals surface area contributed by atoms with E-state index in [0.717, 1.165) is 13.1 Å². The van der Waals surface area contributed by atoms with Gasteiger partial charge in [-0.25, -0.2) is 4.39 Å². The summed E-state index contributed by atoms with van der Waals surface area (Å²) in [6, 6.07) is 5.65. The molecule has 1 N–H and O–H groups in total. The second kappa shape index (κ2) is 6.33. The fraction of sp³-hybridized carbons (Fsp3) is 0.533. The largest absolute Gasteiger partial charge is 0.373 e. The maximum atomic E-state index is 13.1. The first kappa shape index (κ1) is 14.9. The molecule has 1 saturated heterocycles. The van der Waals surface area contributed by atoms with Gasteiger partial charge in [-0.3, -0.25) is 9.69 Å². The number of ether oxygens (including phenoxy) is 1. The van der Waals surface area contributed by atoms with Crippen LogP contribution in [0.25, 0.3) is 0 Å². The van der Waals surface area contributed by atoms with E-state index in [0.29, 0.717) is 5.69 Å². The normalized spacial score (nSPS) is 25.2. The number of halogens is 1. The van der Waals surface area contributed by atoms with Crippen molar-refractivity contribution >= 4 is 11.6 Å². The van der Waals surface area contributed by atoms with Gasteiger partial charge in [-0.1, -0.05) is 6.07 Å². The van der Waals surface area contributed by atoms with E-state index in [-0.39, 0.29) is 30.0 Å². The van der Waals surface area contributed by atoms with E-state index in [2.05, 4.69) is 10.2 Å². The van der Waals surface area contributed by atoms with Crippen LogP contribution in [0.2, 0.25) is 0 Å². The van der Waals surface area contributed by atoms with Gasteiger partial charge in [0, 0.05) is 18.8 Å². The lowest BCUT2D eigenvalue weighted by molar-refractivity contribution is -0.126. The lowest BCUT2D eigenvalue weighted by Gasteiger charge is -2.38. The summed E-state index contributed by atoms with van der Waals surface area (Å²) in [6.45, 7) is 7.31. The molecular weight excluding hydrogens is 259 g/mol. The van der Waals surface area contributed by atoms with Gasteiger partial charge in [0.15, 0.2) is 0 Å². The number of morpholine rings is 1. The monoisotopic (exact) mass is 280 g/mol. The number of hydrogen-bond donors (Lipinski definition) is 1. The first-order valence-corrected chi connectivity index (χ1v) is 6.91. The Balaban J connectivity index is 1.98. The summed E-state index contributed by atoms with van der Waals surface area (Å²) in [7, 11) is 0. The zero-order valence-corrected chi connectivity index (χ0v) is 12.1. The molecule has 1 aromatic carbocycles. The van der Waals surface area contributed by atoms with E-state index in [4.69, 9.17) is 4.74 Å². The van der Waals surface area contributed by atoms with Crippen LogP contribution in [0.5, 0.6) is 0 Å². The number of amides is 1. The molecule has 1 heterocycles. The van der Waals surface area contributed by atoms with Gasteiger partial charge in [0.1, 0.15) is 5.82 Å². The number of benzene rings is 1. The lowest BCUT2D eigenvalue weighted by Crippen LogP contribution is -2.52. The molecule has 5 heteroatoms. The van der Waals surface area contributed by atoms with Crippen LogP contribution in [-0.4, -0.2) is 42.1 Å². The molecule has 2 rings (SSSR count). The molecule has 4 nitrogen and oxygen atoms in total. The number of anilines is 1. The molecule has 0 aromatic heterocycles. The molecule has 0 bridgehead atoms. The zero-order valence-electron chi connectivity index (χ0n) is 12.1. The van der Waals surface area contributed by atoms with Crippen molar-refractivity contribution in [2.75, 3.05) is 18.4 Å². The molecule has 110 valence electrons. The fourth-order valence-corrected chi connectivity index (χ4v) is 2.51. The molecule has 0 radical (unpaired) electrons. The number of hydrogen-bond acceptors (Lipinski definition) is 3. The number of carbonyl (C=O) groups excluding carboxylic acids is 1. The van der Waals surface area contributed by atoms with Gasteiger partial charge in [0.25, 0.3) is 0 Å². The minimum Gasteiger partial charge on any atom is -0.373 e. The molecule has 0 unspecified atom stereocenters. The van der Waals surface area contributed by atoms with Crippen molar-refractivity contribution in [3.63, 3.8) is 0 Å². The maximum absolute atomic E-state index is 13.1. The highest BCUT2D eigenvalue weighted by Crippen LogP contribution is 2.15. The van der Waals surface area contributed by atoms with Crippen molar-refractivity contribution in [1.29, 1.82) is 0 Å². The quantitative estimate of drug-likeness (QED) is 0.923. The Labute approximate surface area is 118 Å². The van der Waals surface area contributed by atoms with Crippen molar-refractivity contribution in [3.8, 4) is 0 Å². The van der Waals surface area contributed by atoms with Crippen LogP contribution in [0.4, 0.5) is 10.1 Å². The van der Waals surface area contributed by atoms with Crippen molar-refractivity contribution in [3.05, 3.63) is 30.1 Å². The first-order valence-electron chi connectivity index (χ1n) is 6.91. The van der Waals surface area contributed by atoms with E-state index >= 15 is 0 Å². The average Bonchev–Trinajstić information content (AvgIpc) is 2.36. The highest BCUT2D eigenvalue weighted by molar-refractivity contribution is 5.94. The minimum absolute atomic E-state index is 0.114. The second-order valence-electron chi connectivity index (χ2n) is 5.39. The summed E-state index contributed by atoms with van der Waals surface area (Å²) < 4.78 is 18.8. The van der Waals surface area contributed by atoms with E-state index < -0.39 is 0 Å². The van der Waals surface area contributed by atoms with Crippen LogP contribution in [0.15, 0.2) is 24.3 Å².